The number of pyridine rings is 1. The summed E-state index contributed by atoms with van der Waals surface area (Å²) < 4.78 is 10.9. The van der Waals surface area contributed by atoms with Crippen LogP contribution in [0.2, 0.25) is 0 Å². The Labute approximate surface area is 78.9 Å². The average Bonchev–Trinajstić information content (AvgIpc) is 2.17. The number of hydrogen-bond acceptors (Lipinski definition) is 3. The van der Waals surface area contributed by atoms with Crippen molar-refractivity contribution in [1.29, 1.82) is 0 Å². The van der Waals surface area contributed by atoms with Gasteiger partial charge in [-0.2, -0.15) is 0 Å². The lowest BCUT2D eigenvalue weighted by atomic mass is 10.2. The molecule has 0 radical (unpaired) electrons. The summed E-state index contributed by atoms with van der Waals surface area (Å²) in [5.41, 5.74) is 0.886. The van der Waals surface area contributed by atoms with Gasteiger partial charge in [0.2, 0.25) is 0 Å². The van der Waals surface area contributed by atoms with E-state index in [1.165, 1.54) is 0 Å². The SMILES string of the molecule is N[S+]([O-])c1cnc2ccccc2c1. The molecule has 13 heavy (non-hydrogen) atoms. The Kier molecular flexibility index (Phi) is 2.18. The Morgan fingerprint density at radius 2 is 2.08 bits per heavy atom. The summed E-state index contributed by atoms with van der Waals surface area (Å²) in [6.07, 6.45) is 1.54. The Morgan fingerprint density at radius 3 is 2.85 bits per heavy atom. The van der Waals surface area contributed by atoms with E-state index in [4.69, 9.17) is 5.14 Å². The van der Waals surface area contributed by atoms with Gasteiger partial charge in [-0.25, -0.2) is 0 Å². The van der Waals surface area contributed by atoms with Crippen molar-refractivity contribution in [2.24, 2.45) is 5.14 Å². The molecule has 1 aromatic carbocycles. The van der Waals surface area contributed by atoms with Crippen LogP contribution >= 0.6 is 0 Å². The van der Waals surface area contributed by atoms with E-state index in [1.807, 2.05) is 24.3 Å². The molecular formula is C9H8N2OS. The molecule has 0 aliphatic carbocycles. The third-order valence-corrected chi connectivity index (χ3v) is 2.49. The quantitative estimate of drug-likeness (QED) is 0.691. The Morgan fingerprint density at radius 1 is 1.31 bits per heavy atom. The fourth-order valence-corrected chi connectivity index (χ4v) is 1.56. The third-order valence-electron chi connectivity index (χ3n) is 1.80. The van der Waals surface area contributed by atoms with E-state index in [0.29, 0.717) is 4.90 Å². The first-order valence-corrected chi connectivity index (χ1v) is 4.99. The molecule has 0 aliphatic heterocycles. The van der Waals surface area contributed by atoms with Gasteiger partial charge < -0.3 is 4.55 Å². The van der Waals surface area contributed by atoms with Crippen LogP contribution in [0.15, 0.2) is 41.4 Å². The number of nitrogens with two attached hydrogens (primary N) is 1. The Balaban J connectivity index is 2.62. The van der Waals surface area contributed by atoms with Crippen LogP contribution in [0.5, 0.6) is 0 Å². The minimum absolute atomic E-state index is 0.554. The molecule has 0 aliphatic rings. The van der Waals surface area contributed by atoms with Crippen LogP contribution in [0.1, 0.15) is 0 Å². The maximum atomic E-state index is 10.9. The molecule has 0 spiro atoms. The Bertz CT molecular complexity index is 431. The van der Waals surface area contributed by atoms with Crippen molar-refractivity contribution in [3.05, 3.63) is 36.5 Å². The monoisotopic (exact) mass is 192 g/mol. The minimum Gasteiger partial charge on any atom is -0.593 e. The van der Waals surface area contributed by atoms with E-state index in [9.17, 15) is 4.55 Å². The van der Waals surface area contributed by atoms with E-state index in [-0.39, 0.29) is 0 Å². The van der Waals surface area contributed by atoms with Gasteiger partial charge >= 0.3 is 0 Å². The van der Waals surface area contributed by atoms with Crippen molar-refractivity contribution in [1.82, 2.24) is 4.98 Å². The third kappa shape index (κ3) is 1.65. The lowest BCUT2D eigenvalue weighted by molar-refractivity contribution is 0.596. The molecule has 2 aromatic rings. The maximum absolute atomic E-state index is 10.9. The van der Waals surface area contributed by atoms with Crippen LogP contribution in [0.3, 0.4) is 0 Å². The maximum Gasteiger partial charge on any atom is 0.192 e. The molecule has 1 heterocycles. The summed E-state index contributed by atoms with van der Waals surface area (Å²) in [6, 6.07) is 9.43. The summed E-state index contributed by atoms with van der Waals surface area (Å²) in [5, 5.41) is 6.19. The highest BCUT2D eigenvalue weighted by Gasteiger charge is 2.06. The lowest BCUT2D eigenvalue weighted by Gasteiger charge is -2.02. The second-order valence-corrected chi connectivity index (χ2v) is 3.73. The second-order valence-electron chi connectivity index (χ2n) is 2.66. The lowest BCUT2D eigenvalue weighted by Crippen LogP contribution is -2.12. The average molecular weight is 192 g/mol. The van der Waals surface area contributed by atoms with Crippen molar-refractivity contribution in [2.45, 2.75) is 4.90 Å². The molecule has 3 nitrogen and oxygen atoms in total. The van der Waals surface area contributed by atoms with Crippen LogP contribution in [0.4, 0.5) is 0 Å². The molecule has 0 bridgehead atoms. The highest BCUT2D eigenvalue weighted by molar-refractivity contribution is 7.89. The molecule has 0 saturated carbocycles. The predicted molar refractivity (Wildman–Crippen MR) is 52.3 cm³/mol. The van der Waals surface area contributed by atoms with Gasteiger partial charge in [-0.3, -0.25) is 4.98 Å². The predicted octanol–water partition coefficient (Wildman–Crippen LogP) is 1.22. The van der Waals surface area contributed by atoms with E-state index < -0.39 is 11.4 Å². The van der Waals surface area contributed by atoms with E-state index in [1.54, 1.807) is 12.3 Å². The van der Waals surface area contributed by atoms with E-state index in [0.717, 1.165) is 10.9 Å². The minimum atomic E-state index is -1.45. The second kappa shape index (κ2) is 3.33. The van der Waals surface area contributed by atoms with Gasteiger partial charge in [-0.15, -0.1) is 5.14 Å². The Hall–Kier alpha value is -1.10. The highest BCUT2D eigenvalue weighted by Crippen LogP contribution is 2.14. The van der Waals surface area contributed by atoms with Crippen molar-refractivity contribution in [3.63, 3.8) is 0 Å². The molecule has 1 atom stereocenters. The molecule has 2 rings (SSSR count). The number of hydrogen-bond donors (Lipinski definition) is 1. The summed E-state index contributed by atoms with van der Waals surface area (Å²) in [4.78, 5) is 4.68. The summed E-state index contributed by atoms with van der Waals surface area (Å²) in [6.45, 7) is 0. The van der Waals surface area contributed by atoms with Gasteiger partial charge in [0.15, 0.2) is 4.90 Å². The van der Waals surface area contributed by atoms with Crippen molar-refractivity contribution >= 4 is 22.3 Å². The summed E-state index contributed by atoms with van der Waals surface area (Å²) in [7, 11) is 0. The van der Waals surface area contributed by atoms with Crippen LogP contribution in [0.25, 0.3) is 10.9 Å². The van der Waals surface area contributed by atoms with Gasteiger partial charge in [0.25, 0.3) is 0 Å². The number of rotatable bonds is 1. The molecular weight excluding hydrogens is 184 g/mol. The molecule has 2 N–H and O–H groups in total. The molecule has 4 heteroatoms. The van der Waals surface area contributed by atoms with Gasteiger partial charge in [0.05, 0.1) is 23.1 Å². The van der Waals surface area contributed by atoms with E-state index >= 15 is 0 Å². The van der Waals surface area contributed by atoms with Crippen LogP contribution in [-0.2, 0) is 11.4 Å². The first-order valence-electron chi connectivity index (χ1n) is 3.78. The van der Waals surface area contributed by atoms with Gasteiger partial charge in [-0.05, 0) is 6.07 Å². The van der Waals surface area contributed by atoms with Crippen molar-refractivity contribution in [2.75, 3.05) is 0 Å². The first kappa shape index (κ1) is 8.50. The zero-order chi connectivity index (χ0) is 9.26. The van der Waals surface area contributed by atoms with Crippen LogP contribution < -0.4 is 5.14 Å². The number of nitrogens with zero attached hydrogens (tertiary/aromatic N) is 1. The van der Waals surface area contributed by atoms with Gasteiger partial charge in [-0.1, -0.05) is 18.2 Å². The van der Waals surface area contributed by atoms with Gasteiger partial charge in [0, 0.05) is 11.5 Å². The van der Waals surface area contributed by atoms with Crippen molar-refractivity contribution < 1.29 is 4.55 Å². The normalized spacial score (nSPS) is 13.1. The largest absolute Gasteiger partial charge is 0.593 e. The molecule has 1 unspecified atom stereocenters. The number of aromatic nitrogens is 1. The van der Waals surface area contributed by atoms with E-state index in [2.05, 4.69) is 4.98 Å². The fourth-order valence-electron chi connectivity index (χ4n) is 1.16. The van der Waals surface area contributed by atoms with Crippen molar-refractivity contribution in [3.8, 4) is 0 Å². The first-order chi connectivity index (χ1) is 6.27. The molecule has 1 aromatic heterocycles. The topological polar surface area (TPSA) is 62.0 Å². The molecule has 66 valence electrons. The number of benzene rings is 1. The zero-order valence-electron chi connectivity index (χ0n) is 6.81. The summed E-state index contributed by atoms with van der Waals surface area (Å²) >= 11 is -1.45. The molecule has 0 amide bonds. The number of fused-ring (bicyclic) bond motifs is 1. The summed E-state index contributed by atoms with van der Waals surface area (Å²) in [5.74, 6) is 0. The van der Waals surface area contributed by atoms with Crippen LogP contribution in [0, 0.1) is 0 Å². The zero-order valence-corrected chi connectivity index (χ0v) is 7.62. The number of para-hydroxylation sites is 1. The standard InChI is InChI=1S/C9H8N2OS/c10-13(12)8-5-7-3-1-2-4-9(7)11-6-8/h1-6H,10H2. The highest BCUT2D eigenvalue weighted by atomic mass is 32.2. The van der Waals surface area contributed by atoms with Gasteiger partial charge in [0.1, 0.15) is 0 Å². The molecule has 0 saturated heterocycles. The fraction of sp³-hybridized carbons (Fsp3) is 0. The van der Waals surface area contributed by atoms with Crippen LogP contribution in [-0.4, -0.2) is 9.54 Å². The smallest absolute Gasteiger partial charge is 0.192 e. The molecule has 0 fully saturated rings.